The van der Waals surface area contributed by atoms with Crippen LogP contribution < -0.4 is 10.2 Å². The lowest BCUT2D eigenvalue weighted by Crippen LogP contribution is -2.22. The van der Waals surface area contributed by atoms with Crippen molar-refractivity contribution in [3.63, 3.8) is 0 Å². The normalized spacial score (nSPS) is 12.0. The molecular formula is C17H22ClN3. The molecule has 1 unspecified atom stereocenters. The molecule has 0 aliphatic heterocycles. The van der Waals surface area contributed by atoms with Crippen LogP contribution in [0.25, 0.3) is 0 Å². The summed E-state index contributed by atoms with van der Waals surface area (Å²) in [6.45, 7) is 8.32. The van der Waals surface area contributed by atoms with E-state index in [-0.39, 0.29) is 6.04 Å². The van der Waals surface area contributed by atoms with Gasteiger partial charge < -0.3 is 10.2 Å². The second kappa shape index (κ2) is 7.32. The van der Waals surface area contributed by atoms with Gasteiger partial charge in [-0.3, -0.25) is 0 Å². The molecule has 0 saturated heterocycles. The highest BCUT2D eigenvalue weighted by molar-refractivity contribution is 6.30. The van der Waals surface area contributed by atoms with E-state index < -0.39 is 0 Å². The summed E-state index contributed by atoms with van der Waals surface area (Å²) >= 11 is 6.03. The van der Waals surface area contributed by atoms with Crippen LogP contribution in [0.3, 0.4) is 0 Å². The number of hydrogen-bond acceptors (Lipinski definition) is 3. The van der Waals surface area contributed by atoms with Gasteiger partial charge in [0.15, 0.2) is 0 Å². The summed E-state index contributed by atoms with van der Waals surface area (Å²) in [6.07, 6.45) is 1.88. The van der Waals surface area contributed by atoms with Crippen molar-refractivity contribution in [2.45, 2.75) is 26.8 Å². The van der Waals surface area contributed by atoms with Gasteiger partial charge in [0.25, 0.3) is 0 Å². The van der Waals surface area contributed by atoms with Gasteiger partial charge in [0, 0.05) is 24.2 Å². The Morgan fingerprint density at radius 1 is 1.19 bits per heavy atom. The number of benzene rings is 1. The maximum atomic E-state index is 6.03. The standard InChI is InChI=1S/C17H22ClN3/c1-4-21(5-2)17-10-9-16(12-19-17)20-13(3)14-7-6-8-15(18)11-14/h6-13,20H,4-5H2,1-3H3. The quantitative estimate of drug-likeness (QED) is 0.834. The van der Waals surface area contributed by atoms with Crippen LogP contribution in [0.4, 0.5) is 11.5 Å². The molecule has 0 fully saturated rings. The van der Waals surface area contributed by atoms with E-state index >= 15 is 0 Å². The van der Waals surface area contributed by atoms with Crippen molar-refractivity contribution < 1.29 is 0 Å². The van der Waals surface area contributed by atoms with Gasteiger partial charge in [-0.05, 0) is 50.6 Å². The number of rotatable bonds is 6. The van der Waals surface area contributed by atoms with Gasteiger partial charge in [0.05, 0.1) is 11.9 Å². The molecule has 112 valence electrons. The molecule has 4 heteroatoms. The minimum atomic E-state index is 0.185. The van der Waals surface area contributed by atoms with Crippen LogP contribution in [0, 0.1) is 0 Å². The summed E-state index contributed by atoms with van der Waals surface area (Å²) in [6, 6.07) is 12.2. The Hall–Kier alpha value is -1.74. The highest BCUT2D eigenvalue weighted by atomic mass is 35.5. The Kier molecular flexibility index (Phi) is 5.45. The Morgan fingerprint density at radius 3 is 2.52 bits per heavy atom. The summed E-state index contributed by atoms with van der Waals surface area (Å²) in [7, 11) is 0. The van der Waals surface area contributed by atoms with Gasteiger partial charge in [0.1, 0.15) is 5.82 Å². The number of nitrogens with one attached hydrogen (secondary N) is 1. The summed E-state index contributed by atoms with van der Waals surface area (Å²) in [4.78, 5) is 6.75. The number of hydrogen-bond donors (Lipinski definition) is 1. The second-order valence-electron chi connectivity index (χ2n) is 5.00. The highest BCUT2D eigenvalue weighted by Crippen LogP contribution is 2.22. The number of aromatic nitrogens is 1. The molecule has 2 rings (SSSR count). The predicted octanol–water partition coefficient (Wildman–Crippen LogP) is 4.75. The third-order valence-electron chi connectivity index (χ3n) is 3.57. The van der Waals surface area contributed by atoms with Crippen molar-refractivity contribution in [2.75, 3.05) is 23.3 Å². The number of pyridine rings is 1. The summed E-state index contributed by atoms with van der Waals surface area (Å²) in [5.41, 5.74) is 2.17. The van der Waals surface area contributed by atoms with Crippen molar-refractivity contribution in [2.24, 2.45) is 0 Å². The first kappa shape index (κ1) is 15.6. The monoisotopic (exact) mass is 303 g/mol. The third-order valence-corrected chi connectivity index (χ3v) is 3.80. The number of anilines is 2. The molecule has 2 aromatic rings. The van der Waals surface area contributed by atoms with Crippen LogP contribution in [0.2, 0.25) is 5.02 Å². The molecular weight excluding hydrogens is 282 g/mol. The molecule has 0 spiro atoms. The fourth-order valence-corrected chi connectivity index (χ4v) is 2.51. The molecule has 1 aromatic carbocycles. The van der Waals surface area contributed by atoms with E-state index in [4.69, 9.17) is 11.6 Å². The molecule has 0 saturated carbocycles. The van der Waals surface area contributed by atoms with Crippen molar-refractivity contribution in [1.29, 1.82) is 0 Å². The van der Waals surface area contributed by atoms with E-state index in [0.717, 1.165) is 35.2 Å². The zero-order valence-corrected chi connectivity index (χ0v) is 13.6. The number of nitrogens with zero attached hydrogens (tertiary/aromatic N) is 2. The second-order valence-corrected chi connectivity index (χ2v) is 5.43. The summed E-state index contributed by atoms with van der Waals surface area (Å²) in [5.74, 6) is 1.01. The zero-order chi connectivity index (χ0) is 15.2. The molecule has 1 N–H and O–H groups in total. The molecule has 1 aromatic heterocycles. The smallest absolute Gasteiger partial charge is 0.128 e. The average molecular weight is 304 g/mol. The average Bonchev–Trinajstić information content (AvgIpc) is 2.50. The van der Waals surface area contributed by atoms with Crippen molar-refractivity contribution in [3.8, 4) is 0 Å². The Labute approximate surface area is 132 Å². The number of halogens is 1. The molecule has 0 aliphatic rings. The van der Waals surface area contributed by atoms with E-state index in [9.17, 15) is 0 Å². The molecule has 0 aliphatic carbocycles. The van der Waals surface area contributed by atoms with Crippen LogP contribution in [0.1, 0.15) is 32.4 Å². The predicted molar refractivity (Wildman–Crippen MR) is 91.3 cm³/mol. The fourth-order valence-electron chi connectivity index (χ4n) is 2.32. The summed E-state index contributed by atoms with van der Waals surface area (Å²) < 4.78 is 0. The van der Waals surface area contributed by atoms with Crippen LogP contribution in [-0.4, -0.2) is 18.1 Å². The topological polar surface area (TPSA) is 28.2 Å². The first-order valence-electron chi connectivity index (χ1n) is 7.37. The maximum Gasteiger partial charge on any atom is 0.128 e. The van der Waals surface area contributed by atoms with Gasteiger partial charge in [0.2, 0.25) is 0 Å². The van der Waals surface area contributed by atoms with E-state index in [1.165, 1.54) is 0 Å². The molecule has 1 atom stereocenters. The van der Waals surface area contributed by atoms with Crippen LogP contribution >= 0.6 is 11.6 Å². The SMILES string of the molecule is CCN(CC)c1ccc(NC(C)c2cccc(Cl)c2)cn1. The van der Waals surface area contributed by atoms with Crippen molar-refractivity contribution in [1.82, 2.24) is 4.98 Å². The van der Waals surface area contributed by atoms with Gasteiger partial charge in [-0.25, -0.2) is 4.98 Å². The van der Waals surface area contributed by atoms with Gasteiger partial charge in [-0.15, -0.1) is 0 Å². The van der Waals surface area contributed by atoms with E-state index in [2.05, 4.69) is 54.2 Å². The third kappa shape index (κ3) is 4.11. The minimum absolute atomic E-state index is 0.185. The Bertz CT molecular complexity index is 565. The first-order valence-corrected chi connectivity index (χ1v) is 7.74. The minimum Gasteiger partial charge on any atom is -0.377 e. The van der Waals surface area contributed by atoms with E-state index in [1.54, 1.807) is 0 Å². The van der Waals surface area contributed by atoms with Crippen molar-refractivity contribution in [3.05, 3.63) is 53.2 Å². The van der Waals surface area contributed by atoms with Crippen molar-refractivity contribution >= 4 is 23.1 Å². The van der Waals surface area contributed by atoms with Gasteiger partial charge in [-0.1, -0.05) is 23.7 Å². The molecule has 1 heterocycles. The van der Waals surface area contributed by atoms with Gasteiger partial charge in [-0.2, -0.15) is 0 Å². The highest BCUT2D eigenvalue weighted by Gasteiger charge is 2.07. The molecule has 21 heavy (non-hydrogen) atoms. The lowest BCUT2D eigenvalue weighted by Gasteiger charge is -2.20. The molecule has 0 radical (unpaired) electrons. The maximum absolute atomic E-state index is 6.03. The summed E-state index contributed by atoms with van der Waals surface area (Å²) in [5, 5.41) is 4.21. The lowest BCUT2D eigenvalue weighted by molar-refractivity contribution is 0.843. The Morgan fingerprint density at radius 2 is 1.95 bits per heavy atom. The lowest BCUT2D eigenvalue weighted by atomic mass is 10.1. The first-order chi connectivity index (χ1) is 10.1. The van der Waals surface area contributed by atoms with E-state index in [1.807, 2.05) is 24.4 Å². The van der Waals surface area contributed by atoms with Crippen LogP contribution in [0.15, 0.2) is 42.6 Å². The molecule has 0 bridgehead atoms. The molecule has 0 amide bonds. The van der Waals surface area contributed by atoms with E-state index in [0.29, 0.717) is 0 Å². The van der Waals surface area contributed by atoms with Crippen LogP contribution in [-0.2, 0) is 0 Å². The largest absolute Gasteiger partial charge is 0.377 e. The Balaban J connectivity index is 2.06. The van der Waals surface area contributed by atoms with Gasteiger partial charge >= 0.3 is 0 Å². The fraction of sp³-hybridized carbons (Fsp3) is 0.353. The molecule has 3 nitrogen and oxygen atoms in total. The zero-order valence-electron chi connectivity index (χ0n) is 12.8. The van der Waals surface area contributed by atoms with Crippen LogP contribution in [0.5, 0.6) is 0 Å².